The van der Waals surface area contributed by atoms with E-state index in [2.05, 4.69) is 0 Å². The van der Waals surface area contributed by atoms with Crippen molar-refractivity contribution in [2.24, 2.45) is 11.8 Å². The van der Waals surface area contributed by atoms with Gasteiger partial charge in [0.25, 0.3) is 0 Å². The zero-order valence-electron chi connectivity index (χ0n) is 4.30. The second-order valence-corrected chi connectivity index (χ2v) is 2.80. The van der Waals surface area contributed by atoms with E-state index in [-0.39, 0.29) is 6.10 Å². The first-order chi connectivity index (χ1) is 3.38. The molecule has 2 rings (SSSR count). The normalized spacial score (nSPS) is 57.0. The van der Waals surface area contributed by atoms with E-state index in [4.69, 9.17) is 5.11 Å². The topological polar surface area (TPSA) is 20.2 Å². The molecule has 1 N–H and O–H groups in total. The molecule has 0 saturated heterocycles. The molecule has 2 aliphatic carbocycles. The molecule has 0 radical (unpaired) electrons. The number of aliphatic hydroxyl groups excluding tert-OH is 1. The SMILES string of the molecule is O[C@H]1CC[C@H]2C[C@@H]21. The third-order valence-corrected chi connectivity index (χ3v) is 2.30. The highest BCUT2D eigenvalue weighted by Crippen LogP contribution is 2.51. The van der Waals surface area contributed by atoms with E-state index in [1.54, 1.807) is 0 Å². The third-order valence-electron chi connectivity index (χ3n) is 2.30. The smallest absolute Gasteiger partial charge is 0.0571 e. The minimum Gasteiger partial charge on any atom is -0.393 e. The summed E-state index contributed by atoms with van der Waals surface area (Å²) < 4.78 is 0. The molecule has 0 aromatic heterocycles. The van der Waals surface area contributed by atoms with E-state index in [1.807, 2.05) is 0 Å². The second-order valence-electron chi connectivity index (χ2n) is 2.80. The summed E-state index contributed by atoms with van der Waals surface area (Å²) in [7, 11) is 0. The summed E-state index contributed by atoms with van der Waals surface area (Å²) in [5.41, 5.74) is 0. The average Bonchev–Trinajstić information content (AvgIpc) is 2.33. The molecule has 0 aromatic carbocycles. The van der Waals surface area contributed by atoms with Crippen LogP contribution < -0.4 is 0 Å². The van der Waals surface area contributed by atoms with E-state index in [1.165, 1.54) is 12.8 Å². The molecule has 2 saturated carbocycles. The van der Waals surface area contributed by atoms with Crippen LogP contribution in [0, 0.1) is 11.8 Å². The minimum absolute atomic E-state index is 0.0880. The number of hydrogen-bond acceptors (Lipinski definition) is 1. The second kappa shape index (κ2) is 1.03. The Morgan fingerprint density at radius 3 is 2.29 bits per heavy atom. The van der Waals surface area contributed by atoms with Gasteiger partial charge in [0.1, 0.15) is 0 Å². The molecule has 0 aromatic rings. The van der Waals surface area contributed by atoms with Crippen LogP contribution in [-0.4, -0.2) is 11.2 Å². The lowest BCUT2D eigenvalue weighted by atomic mass is 10.2. The van der Waals surface area contributed by atoms with Gasteiger partial charge in [-0.15, -0.1) is 0 Å². The summed E-state index contributed by atoms with van der Waals surface area (Å²) in [4.78, 5) is 0. The Kier molecular flexibility index (Phi) is 0.571. The highest BCUT2D eigenvalue weighted by atomic mass is 16.3. The Balaban J connectivity index is 2.08. The van der Waals surface area contributed by atoms with Crippen LogP contribution in [0.25, 0.3) is 0 Å². The van der Waals surface area contributed by atoms with E-state index in [0.29, 0.717) is 0 Å². The molecule has 2 aliphatic rings. The van der Waals surface area contributed by atoms with Crippen molar-refractivity contribution in [1.82, 2.24) is 0 Å². The predicted molar refractivity (Wildman–Crippen MR) is 26.8 cm³/mol. The first-order valence-corrected chi connectivity index (χ1v) is 3.06. The lowest BCUT2D eigenvalue weighted by Crippen LogP contribution is -2.02. The van der Waals surface area contributed by atoms with Crippen molar-refractivity contribution < 1.29 is 5.11 Å². The van der Waals surface area contributed by atoms with Crippen molar-refractivity contribution in [3.05, 3.63) is 0 Å². The van der Waals surface area contributed by atoms with E-state index in [9.17, 15) is 0 Å². The van der Waals surface area contributed by atoms with Gasteiger partial charge in [-0.05, 0) is 31.1 Å². The maximum Gasteiger partial charge on any atom is 0.0571 e. The van der Waals surface area contributed by atoms with Crippen molar-refractivity contribution >= 4 is 0 Å². The number of rotatable bonds is 0. The summed E-state index contributed by atoms with van der Waals surface area (Å²) in [6.45, 7) is 0. The standard InChI is InChI=1S/C6H10O/c7-6-2-1-4-3-5(4)6/h4-7H,1-3H2/t4-,5-,6-/m0/s1. The highest BCUT2D eigenvalue weighted by Gasteiger charge is 2.47. The fraction of sp³-hybridized carbons (Fsp3) is 1.00. The van der Waals surface area contributed by atoms with Gasteiger partial charge in [-0.25, -0.2) is 0 Å². The fourth-order valence-electron chi connectivity index (χ4n) is 1.67. The van der Waals surface area contributed by atoms with Gasteiger partial charge in [0.2, 0.25) is 0 Å². The van der Waals surface area contributed by atoms with Crippen LogP contribution in [0.2, 0.25) is 0 Å². The van der Waals surface area contributed by atoms with Crippen molar-refractivity contribution in [3.8, 4) is 0 Å². The Labute approximate surface area is 43.3 Å². The molecule has 7 heavy (non-hydrogen) atoms. The third kappa shape index (κ3) is 0.418. The lowest BCUT2D eigenvalue weighted by Gasteiger charge is -1.97. The maximum atomic E-state index is 9.04. The summed E-state index contributed by atoms with van der Waals surface area (Å²) in [6, 6.07) is 0. The molecule has 0 heterocycles. The van der Waals surface area contributed by atoms with Crippen molar-refractivity contribution in [3.63, 3.8) is 0 Å². The van der Waals surface area contributed by atoms with Crippen molar-refractivity contribution in [2.75, 3.05) is 0 Å². The molecule has 0 unspecified atom stereocenters. The Bertz CT molecular complexity index is 90.2. The van der Waals surface area contributed by atoms with Crippen LogP contribution in [0.4, 0.5) is 0 Å². The molecule has 40 valence electrons. The molecule has 3 atom stereocenters. The summed E-state index contributed by atoms with van der Waals surface area (Å²) >= 11 is 0. The van der Waals surface area contributed by atoms with Gasteiger partial charge in [0, 0.05) is 0 Å². The quantitative estimate of drug-likeness (QED) is 0.474. The maximum absolute atomic E-state index is 9.04. The number of aliphatic hydroxyl groups is 1. The van der Waals surface area contributed by atoms with Crippen LogP contribution in [0.3, 0.4) is 0 Å². The molecule has 0 spiro atoms. The van der Waals surface area contributed by atoms with Gasteiger partial charge in [-0.2, -0.15) is 0 Å². The summed E-state index contributed by atoms with van der Waals surface area (Å²) in [5, 5.41) is 9.04. The first-order valence-electron chi connectivity index (χ1n) is 3.06. The van der Waals surface area contributed by atoms with Crippen molar-refractivity contribution in [2.45, 2.75) is 25.4 Å². The lowest BCUT2D eigenvalue weighted by molar-refractivity contribution is 0.159. The highest BCUT2D eigenvalue weighted by molar-refractivity contribution is 4.97. The zero-order valence-corrected chi connectivity index (χ0v) is 4.30. The monoisotopic (exact) mass is 98.1 g/mol. The molecule has 0 amide bonds. The fourth-order valence-corrected chi connectivity index (χ4v) is 1.67. The number of hydrogen-bond donors (Lipinski definition) is 1. The first kappa shape index (κ1) is 3.90. The molecule has 0 aliphatic heterocycles. The van der Waals surface area contributed by atoms with Crippen LogP contribution >= 0.6 is 0 Å². The van der Waals surface area contributed by atoms with Gasteiger partial charge in [0.05, 0.1) is 6.10 Å². The molecular formula is C6H10O. The minimum atomic E-state index is 0.0880. The van der Waals surface area contributed by atoms with Gasteiger partial charge in [-0.1, -0.05) is 0 Å². The van der Waals surface area contributed by atoms with Gasteiger partial charge in [-0.3, -0.25) is 0 Å². The molecule has 1 nitrogen and oxygen atoms in total. The molecule has 0 bridgehead atoms. The van der Waals surface area contributed by atoms with Gasteiger partial charge in [0.15, 0.2) is 0 Å². The average molecular weight is 98.1 g/mol. The van der Waals surface area contributed by atoms with Crippen LogP contribution in [-0.2, 0) is 0 Å². The van der Waals surface area contributed by atoms with E-state index >= 15 is 0 Å². The number of fused-ring (bicyclic) bond motifs is 1. The van der Waals surface area contributed by atoms with Crippen LogP contribution in [0.15, 0.2) is 0 Å². The van der Waals surface area contributed by atoms with E-state index < -0.39 is 0 Å². The Hall–Kier alpha value is -0.0400. The van der Waals surface area contributed by atoms with Crippen molar-refractivity contribution in [1.29, 1.82) is 0 Å². The molecule has 1 heteroatoms. The Morgan fingerprint density at radius 2 is 2.14 bits per heavy atom. The largest absolute Gasteiger partial charge is 0.393 e. The summed E-state index contributed by atoms with van der Waals surface area (Å²) in [5.74, 6) is 1.68. The Morgan fingerprint density at radius 1 is 1.29 bits per heavy atom. The molecule has 2 fully saturated rings. The summed E-state index contributed by atoms with van der Waals surface area (Å²) in [6.07, 6.45) is 3.78. The van der Waals surface area contributed by atoms with Crippen LogP contribution in [0.5, 0.6) is 0 Å². The van der Waals surface area contributed by atoms with Crippen LogP contribution in [0.1, 0.15) is 19.3 Å². The van der Waals surface area contributed by atoms with Gasteiger partial charge >= 0.3 is 0 Å². The molecular weight excluding hydrogens is 88.1 g/mol. The zero-order chi connectivity index (χ0) is 4.85. The van der Waals surface area contributed by atoms with E-state index in [0.717, 1.165) is 18.3 Å². The van der Waals surface area contributed by atoms with Gasteiger partial charge < -0.3 is 5.11 Å². The predicted octanol–water partition coefficient (Wildman–Crippen LogP) is 0.777.